The Bertz CT molecular complexity index is 1830. The summed E-state index contributed by atoms with van der Waals surface area (Å²) in [4.78, 5) is 15.3. The predicted octanol–water partition coefficient (Wildman–Crippen LogP) is 9.50. The number of anilines is 2. The zero-order chi connectivity index (χ0) is 26.4. The highest BCUT2D eigenvalue weighted by atomic mass is 32.2. The van der Waals surface area contributed by atoms with E-state index >= 15 is 0 Å². The summed E-state index contributed by atoms with van der Waals surface area (Å²) in [7, 11) is 0. The Morgan fingerprint density at radius 1 is 0.590 bits per heavy atom. The fourth-order valence-electron chi connectivity index (χ4n) is 5.55. The lowest BCUT2D eigenvalue weighted by molar-refractivity contribution is 0.517. The van der Waals surface area contributed by atoms with Gasteiger partial charge in [0.15, 0.2) is 0 Å². The molecule has 0 saturated heterocycles. The van der Waals surface area contributed by atoms with E-state index in [1.54, 1.807) is 0 Å². The molecule has 7 rings (SSSR count). The van der Waals surface area contributed by atoms with Crippen LogP contribution in [0.3, 0.4) is 0 Å². The van der Waals surface area contributed by atoms with Crippen LogP contribution in [0.5, 0.6) is 0 Å². The molecule has 188 valence electrons. The second-order valence-corrected chi connectivity index (χ2v) is 11.4. The number of hydrogen-bond donors (Lipinski definition) is 0. The Morgan fingerprint density at radius 3 is 2.13 bits per heavy atom. The fourth-order valence-corrected chi connectivity index (χ4v) is 6.77. The number of benzene rings is 5. The first-order chi connectivity index (χ1) is 19.1. The molecular formula is C35H27N3S. The first kappa shape index (κ1) is 23.7. The third-order valence-corrected chi connectivity index (χ3v) is 8.61. The maximum absolute atomic E-state index is 5.34. The first-order valence-electron chi connectivity index (χ1n) is 13.2. The molecule has 4 heteroatoms. The van der Waals surface area contributed by atoms with Gasteiger partial charge in [0.1, 0.15) is 0 Å². The third kappa shape index (κ3) is 4.08. The van der Waals surface area contributed by atoms with Gasteiger partial charge in [0, 0.05) is 20.7 Å². The Labute approximate surface area is 233 Å². The van der Waals surface area contributed by atoms with E-state index in [0.717, 1.165) is 27.8 Å². The Kier molecular flexibility index (Phi) is 5.71. The minimum Gasteiger partial charge on any atom is -0.300 e. The lowest BCUT2D eigenvalue weighted by atomic mass is 9.91. The van der Waals surface area contributed by atoms with Gasteiger partial charge in [-0.15, -0.1) is 0 Å². The summed E-state index contributed by atoms with van der Waals surface area (Å²) in [6.07, 6.45) is 0. The van der Waals surface area contributed by atoms with Gasteiger partial charge in [-0.2, -0.15) is 0 Å². The van der Waals surface area contributed by atoms with Crippen LogP contribution in [-0.2, 0) is 5.54 Å². The summed E-state index contributed by atoms with van der Waals surface area (Å²) in [5.74, 6) is 0.698. The molecule has 1 aliphatic rings. The van der Waals surface area contributed by atoms with Crippen molar-refractivity contribution in [1.82, 2.24) is 9.97 Å². The second kappa shape index (κ2) is 9.40. The fraction of sp³-hybridized carbons (Fsp3) is 0.0857. The predicted molar refractivity (Wildman–Crippen MR) is 163 cm³/mol. The van der Waals surface area contributed by atoms with Crippen molar-refractivity contribution in [3.8, 4) is 22.4 Å². The van der Waals surface area contributed by atoms with Crippen LogP contribution in [-0.4, -0.2) is 9.97 Å². The van der Waals surface area contributed by atoms with Crippen molar-refractivity contribution in [2.45, 2.75) is 29.2 Å². The van der Waals surface area contributed by atoms with Gasteiger partial charge in [0.05, 0.1) is 22.4 Å². The van der Waals surface area contributed by atoms with E-state index in [0.29, 0.717) is 5.95 Å². The molecule has 39 heavy (non-hydrogen) atoms. The molecule has 0 atom stereocenters. The zero-order valence-corrected chi connectivity index (χ0v) is 22.7. The Morgan fingerprint density at radius 2 is 1.26 bits per heavy atom. The normalized spacial score (nSPS) is 13.9. The molecule has 1 aromatic heterocycles. The smallest absolute Gasteiger partial charge is 0.231 e. The first-order valence-corrected chi connectivity index (χ1v) is 14.0. The minimum absolute atomic E-state index is 0.387. The summed E-state index contributed by atoms with van der Waals surface area (Å²) in [6, 6.07) is 44.7. The van der Waals surface area contributed by atoms with Gasteiger partial charge >= 0.3 is 0 Å². The molecule has 0 radical (unpaired) electrons. The van der Waals surface area contributed by atoms with Gasteiger partial charge in [-0.3, -0.25) is 4.90 Å². The highest BCUT2D eigenvalue weighted by Crippen LogP contribution is 2.50. The van der Waals surface area contributed by atoms with E-state index in [1.165, 1.54) is 26.5 Å². The van der Waals surface area contributed by atoms with Crippen LogP contribution in [0.25, 0.3) is 33.3 Å². The van der Waals surface area contributed by atoms with E-state index in [-0.39, 0.29) is 5.54 Å². The molecule has 6 aromatic rings. The van der Waals surface area contributed by atoms with Crippen molar-refractivity contribution >= 4 is 34.3 Å². The minimum atomic E-state index is -0.387. The average molecular weight is 522 g/mol. The molecule has 0 N–H and O–H groups in total. The van der Waals surface area contributed by atoms with Gasteiger partial charge in [0.2, 0.25) is 5.95 Å². The van der Waals surface area contributed by atoms with Crippen LogP contribution >= 0.6 is 11.8 Å². The van der Waals surface area contributed by atoms with Crippen molar-refractivity contribution in [1.29, 1.82) is 0 Å². The summed E-state index contributed by atoms with van der Waals surface area (Å²) >= 11 is 1.81. The molecular weight excluding hydrogens is 494 g/mol. The number of nitrogens with zero attached hydrogens (tertiary/aromatic N) is 3. The Hall–Kier alpha value is -4.41. The standard InChI is InChI=1S/C35H27N3S/c1-35(2)28-18-7-10-21-31(28)39-32-22-11-9-20-30(32)38(35)34-36-29-19-8-6-17-27(29)33(37-34)26-16-12-15-25(23-26)24-13-4-3-5-14-24/h3-23H,1-2H3. The number of para-hydroxylation sites is 2. The maximum Gasteiger partial charge on any atom is 0.231 e. The lowest BCUT2D eigenvalue weighted by Gasteiger charge is -2.39. The summed E-state index contributed by atoms with van der Waals surface area (Å²) in [5.41, 5.74) is 7.29. The van der Waals surface area contributed by atoms with Crippen molar-refractivity contribution in [3.05, 3.63) is 133 Å². The highest BCUT2D eigenvalue weighted by Gasteiger charge is 2.38. The number of rotatable bonds is 3. The number of hydrogen-bond acceptors (Lipinski definition) is 4. The van der Waals surface area contributed by atoms with E-state index in [4.69, 9.17) is 9.97 Å². The molecule has 5 aromatic carbocycles. The SMILES string of the molecule is CC1(C)c2ccccc2Sc2ccccc2N1c1nc(-c2cccc(-c3ccccc3)c2)c2ccccc2n1. The van der Waals surface area contributed by atoms with Crippen molar-refractivity contribution in [2.24, 2.45) is 0 Å². The molecule has 0 aliphatic carbocycles. The van der Waals surface area contributed by atoms with Crippen molar-refractivity contribution in [3.63, 3.8) is 0 Å². The summed E-state index contributed by atoms with van der Waals surface area (Å²) in [6.45, 7) is 4.53. The molecule has 0 unspecified atom stereocenters. The summed E-state index contributed by atoms with van der Waals surface area (Å²) in [5, 5.41) is 1.04. The number of fused-ring (bicyclic) bond motifs is 3. The third-order valence-electron chi connectivity index (χ3n) is 7.47. The monoisotopic (exact) mass is 521 g/mol. The molecule has 3 nitrogen and oxygen atoms in total. The molecule has 0 saturated carbocycles. The van der Waals surface area contributed by atoms with Crippen molar-refractivity contribution < 1.29 is 0 Å². The summed E-state index contributed by atoms with van der Waals surface area (Å²) < 4.78 is 0. The number of aromatic nitrogens is 2. The van der Waals surface area contributed by atoms with Crippen molar-refractivity contribution in [2.75, 3.05) is 4.90 Å². The molecule has 0 fully saturated rings. The van der Waals surface area contributed by atoms with Crippen LogP contribution in [0.1, 0.15) is 19.4 Å². The van der Waals surface area contributed by atoms with Crippen LogP contribution in [0.2, 0.25) is 0 Å². The van der Waals surface area contributed by atoms with Gasteiger partial charge in [-0.25, -0.2) is 9.97 Å². The molecule has 0 bridgehead atoms. The largest absolute Gasteiger partial charge is 0.300 e. The molecule has 1 aliphatic heterocycles. The van der Waals surface area contributed by atoms with E-state index < -0.39 is 0 Å². The van der Waals surface area contributed by atoms with E-state index in [1.807, 2.05) is 11.8 Å². The molecule has 0 spiro atoms. The quantitative estimate of drug-likeness (QED) is 0.232. The van der Waals surface area contributed by atoms with Gasteiger partial charge < -0.3 is 0 Å². The highest BCUT2D eigenvalue weighted by molar-refractivity contribution is 7.99. The van der Waals surface area contributed by atoms with Crippen LogP contribution in [0, 0.1) is 0 Å². The molecule has 0 amide bonds. The second-order valence-electron chi connectivity index (χ2n) is 10.3. The zero-order valence-electron chi connectivity index (χ0n) is 21.9. The Balaban J connectivity index is 1.48. The van der Waals surface area contributed by atoms with Crippen LogP contribution in [0.15, 0.2) is 137 Å². The lowest BCUT2D eigenvalue weighted by Crippen LogP contribution is -2.39. The van der Waals surface area contributed by atoms with Crippen LogP contribution < -0.4 is 4.90 Å². The van der Waals surface area contributed by atoms with E-state index in [2.05, 4.69) is 146 Å². The van der Waals surface area contributed by atoms with Gasteiger partial charge in [-0.05, 0) is 60.9 Å². The molecule has 2 heterocycles. The topological polar surface area (TPSA) is 29.0 Å². The van der Waals surface area contributed by atoms with Gasteiger partial charge in [-0.1, -0.05) is 109 Å². The van der Waals surface area contributed by atoms with E-state index in [9.17, 15) is 0 Å². The van der Waals surface area contributed by atoms with Crippen LogP contribution in [0.4, 0.5) is 11.6 Å². The van der Waals surface area contributed by atoms with Gasteiger partial charge in [0.25, 0.3) is 0 Å². The average Bonchev–Trinajstić information content (AvgIpc) is 3.08. The maximum atomic E-state index is 5.34.